The minimum Gasteiger partial charge on any atom is -0.323 e. The molecule has 0 aromatic rings. The van der Waals surface area contributed by atoms with Gasteiger partial charge < -0.3 is 19.6 Å². The van der Waals surface area contributed by atoms with Crippen molar-refractivity contribution in [1.29, 1.82) is 0 Å². The van der Waals surface area contributed by atoms with E-state index in [4.69, 9.17) is 19.6 Å². The van der Waals surface area contributed by atoms with Crippen molar-refractivity contribution in [3.05, 3.63) is 0 Å². The van der Waals surface area contributed by atoms with Gasteiger partial charge in [0.2, 0.25) is 4.90 Å². The molecule has 10 heteroatoms. The molecule has 0 spiro atoms. The number of nitrogens with zero attached hydrogens (tertiary/aromatic N) is 1. The van der Waals surface area contributed by atoms with Gasteiger partial charge in [-0.25, -0.2) is 0 Å². The Morgan fingerprint density at radius 2 is 1.73 bits per heavy atom. The second-order valence-corrected chi connectivity index (χ2v) is 8.17. The van der Waals surface area contributed by atoms with E-state index in [1.165, 1.54) is 0 Å². The summed E-state index contributed by atoms with van der Waals surface area (Å²) in [5, 5.41) is -0.574. The van der Waals surface area contributed by atoms with Crippen molar-refractivity contribution < 1.29 is 28.7 Å². The zero-order valence-corrected chi connectivity index (χ0v) is 10.1. The van der Waals surface area contributed by atoms with Gasteiger partial charge in [-0.15, -0.1) is 0 Å². The Morgan fingerprint density at radius 1 is 1.27 bits per heavy atom. The van der Waals surface area contributed by atoms with E-state index in [2.05, 4.69) is 17.6 Å². The molecule has 1 rings (SSSR count). The van der Waals surface area contributed by atoms with Gasteiger partial charge in [-0.2, -0.15) is 12.6 Å². The second kappa shape index (κ2) is 3.96. The topological polar surface area (TPSA) is 127 Å². The standard InChI is InChI=1S/C5H11NO6P2S/c7-13(8,9)5(14(10,11)12)1-4(15)2-6-3-5/h3-4,15H,1-2H2,(H2,7,8,9)(H2,10,11,12). The van der Waals surface area contributed by atoms with E-state index in [1.54, 1.807) is 0 Å². The fourth-order valence-corrected chi connectivity index (χ4v) is 4.75. The molecule has 0 saturated heterocycles. The number of aliphatic imine (C=N–C) groups is 1. The molecule has 1 unspecified atom stereocenters. The molecule has 0 aliphatic carbocycles. The molecule has 7 nitrogen and oxygen atoms in total. The quantitative estimate of drug-likeness (QED) is 0.351. The largest absolute Gasteiger partial charge is 0.349 e. The van der Waals surface area contributed by atoms with Crippen molar-refractivity contribution in [2.24, 2.45) is 4.99 Å². The van der Waals surface area contributed by atoms with Crippen LogP contribution < -0.4 is 0 Å². The molecule has 0 radical (unpaired) electrons. The van der Waals surface area contributed by atoms with E-state index in [9.17, 15) is 9.13 Å². The fraction of sp³-hybridized carbons (Fsp3) is 0.800. The van der Waals surface area contributed by atoms with Crippen LogP contribution in [-0.4, -0.2) is 42.5 Å². The first-order valence-corrected chi connectivity index (χ1v) is 7.64. The van der Waals surface area contributed by atoms with Crippen LogP contribution in [0.1, 0.15) is 6.42 Å². The van der Waals surface area contributed by atoms with Gasteiger partial charge in [0, 0.05) is 11.5 Å². The van der Waals surface area contributed by atoms with E-state index < -0.39 is 31.8 Å². The van der Waals surface area contributed by atoms with Crippen molar-refractivity contribution in [2.75, 3.05) is 6.54 Å². The molecule has 1 aliphatic heterocycles. The van der Waals surface area contributed by atoms with Gasteiger partial charge in [-0.3, -0.25) is 14.1 Å². The summed E-state index contributed by atoms with van der Waals surface area (Å²) in [5.74, 6) is 0. The third-order valence-corrected chi connectivity index (χ3v) is 6.68. The van der Waals surface area contributed by atoms with Crippen molar-refractivity contribution in [1.82, 2.24) is 0 Å². The molecular weight excluding hydrogens is 264 g/mol. The average Bonchev–Trinajstić information content (AvgIpc) is 1.99. The van der Waals surface area contributed by atoms with E-state index in [0.29, 0.717) is 6.21 Å². The van der Waals surface area contributed by atoms with Gasteiger partial charge in [0.05, 0.1) is 6.54 Å². The number of rotatable bonds is 2. The van der Waals surface area contributed by atoms with Crippen LogP contribution in [0.25, 0.3) is 0 Å². The van der Waals surface area contributed by atoms with Crippen LogP contribution >= 0.6 is 27.8 Å². The molecule has 0 aromatic heterocycles. The van der Waals surface area contributed by atoms with Crippen molar-refractivity contribution in [2.45, 2.75) is 16.6 Å². The molecule has 1 atom stereocenters. The van der Waals surface area contributed by atoms with Gasteiger partial charge >= 0.3 is 15.2 Å². The first-order chi connectivity index (χ1) is 6.60. The third-order valence-electron chi connectivity index (χ3n) is 2.16. The maximum Gasteiger partial charge on any atom is 0.349 e. The SMILES string of the molecule is O=P(O)(O)C1(P(=O)(O)O)C=NCC(S)C1. The monoisotopic (exact) mass is 275 g/mol. The molecule has 0 amide bonds. The Bertz CT molecular complexity index is 350. The molecule has 4 N–H and O–H groups in total. The minimum atomic E-state index is -4.99. The van der Waals surface area contributed by atoms with Gasteiger partial charge in [-0.05, 0) is 6.42 Å². The molecule has 88 valence electrons. The molecule has 0 fully saturated rings. The Hall–Kier alpha value is 0.320. The highest BCUT2D eigenvalue weighted by molar-refractivity contribution is 7.81. The summed E-state index contributed by atoms with van der Waals surface area (Å²) in [5.41, 5.74) is 0. The van der Waals surface area contributed by atoms with Crippen LogP contribution in [0.2, 0.25) is 0 Å². The molecule has 0 aromatic carbocycles. The van der Waals surface area contributed by atoms with Crippen LogP contribution in [0.4, 0.5) is 0 Å². The summed E-state index contributed by atoms with van der Waals surface area (Å²) in [4.78, 5) is 37.2. The van der Waals surface area contributed by atoms with Gasteiger partial charge in [-0.1, -0.05) is 0 Å². The predicted octanol–water partition coefficient (Wildman–Crippen LogP) is -0.189. The summed E-state index contributed by atoms with van der Waals surface area (Å²) in [7, 11) is -9.98. The summed E-state index contributed by atoms with van der Waals surface area (Å²) in [6, 6.07) is 0. The smallest absolute Gasteiger partial charge is 0.323 e. The van der Waals surface area contributed by atoms with E-state index in [-0.39, 0.29) is 6.54 Å². The fourth-order valence-electron chi connectivity index (χ4n) is 1.34. The first kappa shape index (κ1) is 13.4. The van der Waals surface area contributed by atoms with E-state index >= 15 is 0 Å². The average molecular weight is 275 g/mol. The normalized spacial score (nSPS) is 26.6. The molecule has 1 heterocycles. The number of hydrogen-bond donors (Lipinski definition) is 5. The predicted molar refractivity (Wildman–Crippen MR) is 57.6 cm³/mol. The Labute approximate surface area is 91.3 Å². The van der Waals surface area contributed by atoms with Crippen LogP contribution in [0.5, 0.6) is 0 Å². The lowest BCUT2D eigenvalue weighted by Gasteiger charge is -2.34. The summed E-state index contributed by atoms with van der Waals surface area (Å²) in [6.07, 6.45) is 0.287. The van der Waals surface area contributed by atoms with E-state index in [0.717, 1.165) is 0 Å². The highest BCUT2D eigenvalue weighted by atomic mass is 32.1. The molecule has 15 heavy (non-hydrogen) atoms. The number of thiol groups is 1. The van der Waals surface area contributed by atoms with Crippen molar-refractivity contribution in [3.63, 3.8) is 0 Å². The summed E-state index contributed by atoms with van der Waals surface area (Å²) < 4.78 is 22.4. The van der Waals surface area contributed by atoms with Crippen LogP contribution in [0.15, 0.2) is 4.99 Å². The zero-order chi connectivity index (χ0) is 11.9. The van der Waals surface area contributed by atoms with Crippen molar-refractivity contribution in [3.8, 4) is 0 Å². The second-order valence-electron chi connectivity index (χ2n) is 3.32. The molecule has 1 aliphatic rings. The molecule has 0 saturated carbocycles. The maximum absolute atomic E-state index is 11.2. The van der Waals surface area contributed by atoms with Gasteiger partial charge in [0.1, 0.15) is 0 Å². The van der Waals surface area contributed by atoms with Crippen LogP contribution in [-0.2, 0) is 9.13 Å². The highest BCUT2D eigenvalue weighted by Gasteiger charge is 2.60. The molecule has 0 bridgehead atoms. The first-order valence-electron chi connectivity index (χ1n) is 3.90. The highest BCUT2D eigenvalue weighted by Crippen LogP contribution is 2.70. The summed E-state index contributed by atoms with van der Waals surface area (Å²) >= 11 is 3.94. The Kier molecular flexibility index (Phi) is 3.54. The van der Waals surface area contributed by atoms with Gasteiger partial charge in [0.25, 0.3) is 0 Å². The van der Waals surface area contributed by atoms with Crippen LogP contribution in [0, 0.1) is 0 Å². The molecular formula is C5H11NO6P2S. The number of hydrogen-bond acceptors (Lipinski definition) is 4. The lowest BCUT2D eigenvalue weighted by molar-refractivity contribution is 0.321. The summed E-state index contributed by atoms with van der Waals surface area (Å²) in [6.45, 7) is 0.185. The lowest BCUT2D eigenvalue weighted by Crippen LogP contribution is -2.37. The van der Waals surface area contributed by atoms with E-state index in [1.807, 2.05) is 0 Å². The third kappa shape index (κ3) is 2.36. The Balaban J connectivity index is 3.33. The maximum atomic E-state index is 11.2. The van der Waals surface area contributed by atoms with Gasteiger partial charge in [0.15, 0.2) is 0 Å². The Morgan fingerprint density at radius 3 is 2.00 bits per heavy atom. The van der Waals surface area contributed by atoms with Crippen LogP contribution in [0.3, 0.4) is 0 Å². The zero-order valence-electron chi connectivity index (χ0n) is 7.46. The minimum absolute atomic E-state index is 0.185. The lowest BCUT2D eigenvalue weighted by atomic mass is 10.2. The van der Waals surface area contributed by atoms with Crippen molar-refractivity contribution >= 4 is 34.0 Å².